The number of carbonyl (C=O) groups excluding carboxylic acids is 1. The van der Waals surface area contributed by atoms with Gasteiger partial charge in [-0.3, -0.25) is 4.79 Å². The predicted octanol–water partition coefficient (Wildman–Crippen LogP) is 4.72. The van der Waals surface area contributed by atoms with Gasteiger partial charge in [0.2, 0.25) is 5.91 Å². The Morgan fingerprint density at radius 3 is 2.68 bits per heavy atom. The maximum atomic E-state index is 12.1. The molecule has 0 aromatic heterocycles. The molecule has 1 saturated carbocycles. The van der Waals surface area contributed by atoms with E-state index in [0.29, 0.717) is 18.3 Å². The second-order valence-electron chi connectivity index (χ2n) is 5.80. The zero-order valence-corrected chi connectivity index (χ0v) is 12.1. The van der Waals surface area contributed by atoms with E-state index in [9.17, 15) is 4.79 Å². The van der Waals surface area contributed by atoms with Crippen LogP contribution in [0.1, 0.15) is 63.9 Å². The van der Waals surface area contributed by atoms with Crippen LogP contribution in [-0.4, -0.2) is 5.91 Å². The van der Waals surface area contributed by atoms with Crippen LogP contribution in [-0.2, 0) is 4.79 Å². The lowest BCUT2D eigenvalue weighted by Crippen LogP contribution is -2.16. The van der Waals surface area contributed by atoms with Gasteiger partial charge in [-0.15, -0.1) is 0 Å². The van der Waals surface area contributed by atoms with Gasteiger partial charge in [0, 0.05) is 12.1 Å². The van der Waals surface area contributed by atoms with E-state index >= 15 is 0 Å². The van der Waals surface area contributed by atoms with Crippen molar-refractivity contribution in [1.29, 1.82) is 0 Å². The Morgan fingerprint density at radius 2 is 2.00 bits per heavy atom. The van der Waals surface area contributed by atoms with Crippen molar-refractivity contribution in [2.75, 3.05) is 5.32 Å². The van der Waals surface area contributed by atoms with Gasteiger partial charge in [-0.2, -0.15) is 0 Å². The number of amides is 1. The van der Waals surface area contributed by atoms with Crippen molar-refractivity contribution in [1.82, 2.24) is 0 Å². The molecule has 19 heavy (non-hydrogen) atoms. The first-order chi connectivity index (χ1) is 9.20. The maximum absolute atomic E-state index is 12.1. The maximum Gasteiger partial charge on any atom is 0.224 e. The molecule has 0 saturated heterocycles. The molecule has 0 radical (unpaired) electrons. The molecular formula is C17H25NO. The lowest BCUT2D eigenvalue weighted by Gasteiger charge is -2.16. The molecule has 1 fully saturated rings. The molecule has 2 rings (SSSR count). The third-order valence-corrected chi connectivity index (χ3v) is 4.33. The zero-order chi connectivity index (χ0) is 13.7. The normalized spacial score (nSPS) is 17.4. The van der Waals surface area contributed by atoms with Gasteiger partial charge in [0.1, 0.15) is 0 Å². The minimum atomic E-state index is 0.183. The number of hydrogen-bond acceptors (Lipinski definition) is 1. The molecule has 0 aliphatic heterocycles. The quantitative estimate of drug-likeness (QED) is 0.814. The molecule has 2 heteroatoms. The van der Waals surface area contributed by atoms with E-state index in [4.69, 9.17) is 0 Å². The Bertz CT molecular complexity index is 421. The molecule has 1 aliphatic carbocycles. The predicted molar refractivity (Wildman–Crippen MR) is 80.4 cm³/mol. The fourth-order valence-electron chi connectivity index (χ4n) is 2.94. The summed E-state index contributed by atoms with van der Waals surface area (Å²) >= 11 is 0. The molecular weight excluding hydrogens is 234 g/mol. The third-order valence-electron chi connectivity index (χ3n) is 4.33. The summed E-state index contributed by atoms with van der Waals surface area (Å²) < 4.78 is 0. The number of carbonyl (C=O) groups is 1. The summed E-state index contributed by atoms with van der Waals surface area (Å²) in [6, 6.07) is 8.19. The van der Waals surface area contributed by atoms with Crippen LogP contribution in [0.3, 0.4) is 0 Å². The zero-order valence-electron chi connectivity index (χ0n) is 12.1. The monoisotopic (exact) mass is 259 g/mol. The number of nitrogens with one attached hydrogen (secondary N) is 1. The summed E-state index contributed by atoms with van der Waals surface area (Å²) in [5.41, 5.74) is 2.25. The summed E-state index contributed by atoms with van der Waals surface area (Å²) in [6.07, 6.45) is 6.81. The second-order valence-corrected chi connectivity index (χ2v) is 5.80. The standard InChI is InChI=1S/C17H25NO/c1-3-13(2)15-10-6-7-11-16(15)18-17(19)12-14-8-4-5-9-14/h6-7,10-11,13-14H,3-5,8-9,12H2,1-2H3,(H,18,19)/t13-/m0/s1. The fraction of sp³-hybridized carbons (Fsp3) is 0.588. The van der Waals surface area contributed by atoms with Crippen LogP contribution in [0.2, 0.25) is 0 Å². The van der Waals surface area contributed by atoms with Gasteiger partial charge in [0.25, 0.3) is 0 Å². The molecule has 1 aliphatic rings. The summed E-state index contributed by atoms with van der Waals surface area (Å²) in [5.74, 6) is 1.28. The summed E-state index contributed by atoms with van der Waals surface area (Å²) in [6.45, 7) is 4.39. The smallest absolute Gasteiger partial charge is 0.224 e. The first-order valence-electron chi connectivity index (χ1n) is 7.59. The van der Waals surface area contributed by atoms with E-state index in [0.717, 1.165) is 12.1 Å². The number of para-hydroxylation sites is 1. The highest BCUT2D eigenvalue weighted by Crippen LogP contribution is 2.29. The van der Waals surface area contributed by atoms with Gasteiger partial charge in [-0.25, -0.2) is 0 Å². The largest absolute Gasteiger partial charge is 0.326 e. The molecule has 1 aromatic rings. The Kier molecular flexibility index (Phi) is 5.00. The molecule has 1 atom stereocenters. The van der Waals surface area contributed by atoms with E-state index in [1.54, 1.807) is 0 Å². The highest BCUT2D eigenvalue weighted by atomic mass is 16.1. The Hall–Kier alpha value is -1.31. The second kappa shape index (κ2) is 6.74. The van der Waals surface area contributed by atoms with E-state index in [1.807, 2.05) is 18.2 Å². The minimum absolute atomic E-state index is 0.183. The van der Waals surface area contributed by atoms with Crippen molar-refractivity contribution >= 4 is 11.6 Å². The molecule has 1 N–H and O–H groups in total. The van der Waals surface area contributed by atoms with Crippen molar-refractivity contribution in [3.8, 4) is 0 Å². The van der Waals surface area contributed by atoms with Crippen LogP contribution >= 0.6 is 0 Å². The van der Waals surface area contributed by atoms with Crippen molar-refractivity contribution in [3.63, 3.8) is 0 Å². The summed E-state index contributed by atoms with van der Waals surface area (Å²) in [5, 5.41) is 3.11. The van der Waals surface area contributed by atoms with Crippen LogP contribution < -0.4 is 5.32 Å². The molecule has 1 aromatic carbocycles. The molecule has 0 heterocycles. The van der Waals surface area contributed by atoms with E-state index < -0.39 is 0 Å². The van der Waals surface area contributed by atoms with Crippen LogP contribution in [0, 0.1) is 5.92 Å². The van der Waals surface area contributed by atoms with Crippen LogP contribution in [0.5, 0.6) is 0 Å². The number of benzene rings is 1. The van der Waals surface area contributed by atoms with Crippen LogP contribution in [0.4, 0.5) is 5.69 Å². The van der Waals surface area contributed by atoms with Gasteiger partial charge in [0.15, 0.2) is 0 Å². The average Bonchev–Trinajstić information content (AvgIpc) is 2.91. The average molecular weight is 259 g/mol. The van der Waals surface area contributed by atoms with Crippen molar-refractivity contribution in [3.05, 3.63) is 29.8 Å². The number of anilines is 1. The molecule has 0 unspecified atom stereocenters. The van der Waals surface area contributed by atoms with Gasteiger partial charge < -0.3 is 5.32 Å². The third kappa shape index (κ3) is 3.82. The first kappa shape index (κ1) is 14.1. The highest BCUT2D eigenvalue weighted by molar-refractivity contribution is 5.91. The highest BCUT2D eigenvalue weighted by Gasteiger charge is 2.19. The van der Waals surface area contributed by atoms with Crippen molar-refractivity contribution in [2.24, 2.45) is 5.92 Å². The number of hydrogen-bond donors (Lipinski definition) is 1. The van der Waals surface area contributed by atoms with Gasteiger partial charge in [0.05, 0.1) is 0 Å². The summed E-state index contributed by atoms with van der Waals surface area (Å²) in [4.78, 5) is 12.1. The van der Waals surface area contributed by atoms with E-state index in [2.05, 4.69) is 25.2 Å². The lowest BCUT2D eigenvalue weighted by molar-refractivity contribution is -0.117. The molecule has 2 nitrogen and oxygen atoms in total. The molecule has 1 amide bonds. The fourth-order valence-corrected chi connectivity index (χ4v) is 2.94. The van der Waals surface area contributed by atoms with Crippen LogP contribution in [0.25, 0.3) is 0 Å². The molecule has 0 spiro atoms. The Morgan fingerprint density at radius 1 is 1.32 bits per heavy atom. The Balaban J connectivity index is 1.99. The van der Waals surface area contributed by atoms with E-state index in [-0.39, 0.29) is 5.91 Å². The van der Waals surface area contributed by atoms with Gasteiger partial charge in [-0.1, -0.05) is 44.9 Å². The molecule has 104 valence electrons. The summed E-state index contributed by atoms with van der Waals surface area (Å²) in [7, 11) is 0. The topological polar surface area (TPSA) is 29.1 Å². The molecule has 0 bridgehead atoms. The lowest BCUT2D eigenvalue weighted by atomic mass is 9.96. The van der Waals surface area contributed by atoms with Crippen LogP contribution in [0.15, 0.2) is 24.3 Å². The Labute approximate surface area is 116 Å². The van der Waals surface area contributed by atoms with Gasteiger partial charge >= 0.3 is 0 Å². The first-order valence-corrected chi connectivity index (χ1v) is 7.59. The number of rotatable bonds is 5. The van der Waals surface area contributed by atoms with Gasteiger partial charge in [-0.05, 0) is 42.7 Å². The van der Waals surface area contributed by atoms with E-state index in [1.165, 1.54) is 31.2 Å². The SMILES string of the molecule is CC[C@H](C)c1ccccc1NC(=O)CC1CCCC1. The van der Waals surface area contributed by atoms with Crippen molar-refractivity contribution in [2.45, 2.75) is 58.3 Å². The van der Waals surface area contributed by atoms with Crippen molar-refractivity contribution < 1.29 is 4.79 Å². The minimum Gasteiger partial charge on any atom is -0.326 e.